The van der Waals surface area contributed by atoms with E-state index in [1.165, 1.54) is 24.6 Å². The fourth-order valence-electron chi connectivity index (χ4n) is 3.89. The maximum absolute atomic E-state index is 12.6. The summed E-state index contributed by atoms with van der Waals surface area (Å²) in [6.07, 6.45) is 7.75. The molecule has 0 aromatic heterocycles. The largest absolute Gasteiger partial charge is 0.477 e. The van der Waals surface area contributed by atoms with E-state index in [-0.39, 0.29) is 12.1 Å². The SMILES string of the molecule is O=C(O)C1=CC=C2CN(C(=O)N[C@H]3CN4CCC3CC4)CC=C2S1. The van der Waals surface area contributed by atoms with Gasteiger partial charge in [-0.05, 0) is 43.5 Å². The minimum atomic E-state index is -0.904. The molecule has 5 heterocycles. The van der Waals surface area contributed by atoms with Gasteiger partial charge in [-0.1, -0.05) is 23.9 Å². The van der Waals surface area contributed by atoms with Crippen LogP contribution in [0.15, 0.2) is 33.6 Å². The van der Waals surface area contributed by atoms with Crippen LogP contribution in [0.3, 0.4) is 0 Å². The number of thioether (sulfide) groups is 1. The zero-order chi connectivity index (χ0) is 16.7. The van der Waals surface area contributed by atoms with Crippen LogP contribution in [0.4, 0.5) is 4.79 Å². The molecule has 3 fully saturated rings. The highest BCUT2D eigenvalue weighted by atomic mass is 32.2. The number of hydrogen-bond donors (Lipinski definition) is 2. The lowest BCUT2D eigenvalue weighted by Crippen LogP contribution is -2.59. The predicted octanol–water partition coefficient (Wildman–Crippen LogP) is 1.63. The van der Waals surface area contributed by atoms with Crippen molar-refractivity contribution in [3.8, 4) is 0 Å². The molecule has 5 aliphatic rings. The Morgan fingerprint density at radius 3 is 2.71 bits per heavy atom. The zero-order valence-electron chi connectivity index (χ0n) is 13.4. The lowest BCUT2D eigenvalue weighted by molar-refractivity contribution is -0.131. The molecule has 0 unspecified atom stereocenters. The number of rotatable bonds is 2. The van der Waals surface area contributed by atoms with Gasteiger partial charge in [-0.25, -0.2) is 9.59 Å². The predicted molar refractivity (Wildman–Crippen MR) is 92.5 cm³/mol. The average Bonchev–Trinajstić information content (AvgIpc) is 2.61. The van der Waals surface area contributed by atoms with Crippen molar-refractivity contribution in [3.63, 3.8) is 0 Å². The van der Waals surface area contributed by atoms with E-state index in [4.69, 9.17) is 5.11 Å². The van der Waals surface area contributed by atoms with Crippen LogP contribution in [-0.2, 0) is 4.79 Å². The van der Waals surface area contributed by atoms with E-state index >= 15 is 0 Å². The molecular weight excluding hydrogens is 326 g/mol. The molecule has 3 saturated heterocycles. The van der Waals surface area contributed by atoms with Crippen molar-refractivity contribution in [2.75, 3.05) is 32.7 Å². The number of carbonyl (C=O) groups excluding carboxylic acids is 1. The van der Waals surface area contributed by atoms with Crippen LogP contribution in [0.5, 0.6) is 0 Å². The molecule has 0 aliphatic carbocycles. The van der Waals surface area contributed by atoms with E-state index in [0.717, 1.165) is 30.1 Å². The lowest BCUT2D eigenvalue weighted by Gasteiger charge is -2.45. The molecule has 2 N–H and O–H groups in total. The summed E-state index contributed by atoms with van der Waals surface area (Å²) in [5, 5.41) is 12.3. The summed E-state index contributed by atoms with van der Waals surface area (Å²) in [7, 11) is 0. The van der Waals surface area contributed by atoms with Crippen molar-refractivity contribution in [1.29, 1.82) is 0 Å². The van der Waals surface area contributed by atoms with Crippen LogP contribution in [0, 0.1) is 5.92 Å². The molecule has 1 atom stereocenters. The Hall–Kier alpha value is -1.73. The number of urea groups is 1. The number of piperidine rings is 3. The zero-order valence-corrected chi connectivity index (χ0v) is 14.2. The molecule has 0 aromatic carbocycles. The quantitative estimate of drug-likeness (QED) is 0.794. The first-order chi connectivity index (χ1) is 11.6. The third kappa shape index (κ3) is 2.98. The molecule has 2 bridgehead atoms. The highest BCUT2D eigenvalue weighted by Gasteiger charge is 2.36. The van der Waals surface area contributed by atoms with Gasteiger partial charge in [-0.3, -0.25) is 0 Å². The Kier molecular flexibility index (Phi) is 4.14. The number of fused-ring (bicyclic) bond motifs is 4. The highest BCUT2D eigenvalue weighted by molar-refractivity contribution is 8.07. The summed E-state index contributed by atoms with van der Waals surface area (Å²) in [6.45, 7) is 4.35. The Bertz CT molecular complexity index is 662. The van der Waals surface area contributed by atoms with E-state index in [1.807, 2.05) is 12.2 Å². The fraction of sp³-hybridized carbons (Fsp3) is 0.529. The van der Waals surface area contributed by atoms with E-state index in [0.29, 0.717) is 23.9 Å². The summed E-state index contributed by atoms with van der Waals surface area (Å²) in [5.74, 6) is -0.293. The van der Waals surface area contributed by atoms with Crippen LogP contribution in [0.25, 0.3) is 0 Å². The van der Waals surface area contributed by atoms with Gasteiger partial charge in [0.05, 0.1) is 4.91 Å². The molecule has 2 amide bonds. The van der Waals surface area contributed by atoms with Crippen molar-refractivity contribution in [2.24, 2.45) is 5.92 Å². The number of carboxylic acid groups (broad SMARTS) is 1. The molecule has 5 rings (SSSR count). The van der Waals surface area contributed by atoms with Crippen LogP contribution in [-0.4, -0.2) is 65.7 Å². The van der Waals surface area contributed by atoms with Gasteiger partial charge in [-0.2, -0.15) is 0 Å². The number of carboxylic acids is 1. The smallest absolute Gasteiger partial charge is 0.342 e. The summed E-state index contributed by atoms with van der Waals surface area (Å²) >= 11 is 1.27. The second-order valence-corrected chi connectivity index (χ2v) is 7.86. The molecular formula is C17H21N3O3S. The van der Waals surface area contributed by atoms with E-state index in [9.17, 15) is 9.59 Å². The Morgan fingerprint density at radius 1 is 1.25 bits per heavy atom. The number of nitrogens with zero attached hydrogens (tertiary/aromatic N) is 2. The normalized spacial score (nSPS) is 31.6. The Labute approximate surface area is 145 Å². The van der Waals surface area contributed by atoms with Gasteiger partial charge < -0.3 is 20.2 Å². The first-order valence-electron chi connectivity index (χ1n) is 8.40. The van der Waals surface area contributed by atoms with Crippen molar-refractivity contribution >= 4 is 23.8 Å². The van der Waals surface area contributed by atoms with Crippen molar-refractivity contribution in [2.45, 2.75) is 18.9 Å². The second kappa shape index (κ2) is 6.29. The monoisotopic (exact) mass is 347 g/mol. The van der Waals surface area contributed by atoms with Crippen LogP contribution < -0.4 is 5.32 Å². The molecule has 24 heavy (non-hydrogen) atoms. The van der Waals surface area contributed by atoms with Gasteiger partial charge >= 0.3 is 12.0 Å². The Morgan fingerprint density at radius 2 is 2.04 bits per heavy atom. The number of amides is 2. The van der Waals surface area contributed by atoms with E-state index in [2.05, 4.69) is 10.2 Å². The molecule has 0 radical (unpaired) electrons. The maximum atomic E-state index is 12.6. The van der Waals surface area contributed by atoms with Gasteiger partial charge in [0.25, 0.3) is 0 Å². The number of aliphatic carboxylic acids is 1. The lowest BCUT2D eigenvalue weighted by atomic mass is 9.84. The summed E-state index contributed by atoms with van der Waals surface area (Å²) in [4.78, 5) is 29.2. The standard InChI is InChI=1S/C17H21N3O3S/c21-16(22)15-2-1-12-9-20(8-5-14(12)24-15)17(23)18-13-10-19-6-3-11(13)4-7-19/h1-2,5,11,13H,3-4,6-10H2,(H,18,23)(H,21,22)/t13-/m0/s1. The molecule has 0 saturated carbocycles. The highest BCUT2D eigenvalue weighted by Crippen LogP contribution is 2.37. The fourth-order valence-corrected chi connectivity index (χ4v) is 4.77. The second-order valence-electron chi connectivity index (χ2n) is 6.77. The summed E-state index contributed by atoms with van der Waals surface area (Å²) in [5.41, 5.74) is 1.01. The topological polar surface area (TPSA) is 72.9 Å². The molecule has 0 aromatic rings. The minimum absolute atomic E-state index is 0.0111. The van der Waals surface area contributed by atoms with Gasteiger partial charge in [0, 0.05) is 30.6 Å². The van der Waals surface area contributed by atoms with Gasteiger partial charge in [0.15, 0.2) is 0 Å². The number of allylic oxidation sites excluding steroid dienone is 2. The van der Waals surface area contributed by atoms with Crippen molar-refractivity contribution < 1.29 is 14.7 Å². The van der Waals surface area contributed by atoms with E-state index < -0.39 is 5.97 Å². The van der Waals surface area contributed by atoms with Crippen molar-refractivity contribution in [1.82, 2.24) is 15.1 Å². The first-order valence-corrected chi connectivity index (χ1v) is 9.22. The Balaban J connectivity index is 1.40. The molecule has 128 valence electrons. The minimum Gasteiger partial charge on any atom is -0.477 e. The number of hydrogen-bond acceptors (Lipinski definition) is 4. The molecule has 0 spiro atoms. The maximum Gasteiger partial charge on any atom is 0.342 e. The summed E-state index contributed by atoms with van der Waals surface area (Å²) in [6, 6.07) is 0.251. The third-order valence-electron chi connectivity index (χ3n) is 5.29. The molecule has 7 heteroatoms. The van der Waals surface area contributed by atoms with Gasteiger partial charge in [0.2, 0.25) is 0 Å². The van der Waals surface area contributed by atoms with Crippen LogP contribution in [0.1, 0.15) is 12.8 Å². The third-order valence-corrected chi connectivity index (χ3v) is 6.47. The van der Waals surface area contributed by atoms with Crippen LogP contribution in [0.2, 0.25) is 0 Å². The number of nitrogens with one attached hydrogen (secondary N) is 1. The van der Waals surface area contributed by atoms with Crippen LogP contribution >= 0.6 is 11.8 Å². The van der Waals surface area contributed by atoms with Gasteiger partial charge in [0.1, 0.15) is 0 Å². The first kappa shape index (κ1) is 15.8. The van der Waals surface area contributed by atoms with Gasteiger partial charge in [-0.15, -0.1) is 0 Å². The number of carbonyl (C=O) groups is 2. The molecule has 6 nitrogen and oxygen atoms in total. The average molecular weight is 347 g/mol. The van der Waals surface area contributed by atoms with E-state index in [1.54, 1.807) is 11.0 Å². The summed E-state index contributed by atoms with van der Waals surface area (Å²) < 4.78 is 0. The van der Waals surface area contributed by atoms with Crippen molar-refractivity contribution in [3.05, 3.63) is 33.6 Å². The molecule has 5 aliphatic heterocycles.